The number of nitrogens with zero attached hydrogens (tertiary/aromatic N) is 5. The van der Waals surface area contributed by atoms with Crippen LogP contribution < -0.4 is 5.01 Å². The molecule has 2 aromatic carbocycles. The van der Waals surface area contributed by atoms with Crippen molar-refractivity contribution in [3.05, 3.63) is 88.7 Å². The predicted octanol–water partition coefficient (Wildman–Crippen LogP) is 3.99. The Balaban J connectivity index is 1.64. The third-order valence-corrected chi connectivity index (χ3v) is 6.53. The van der Waals surface area contributed by atoms with Gasteiger partial charge in [-0.2, -0.15) is 0 Å². The number of carbonyl (C=O) groups is 1. The summed E-state index contributed by atoms with van der Waals surface area (Å²) in [6.07, 6.45) is 1.82. The zero-order valence-corrected chi connectivity index (χ0v) is 20.0. The minimum atomic E-state index is -0.143. The Labute approximate surface area is 201 Å². The van der Waals surface area contributed by atoms with Crippen molar-refractivity contribution in [3.63, 3.8) is 0 Å². The van der Waals surface area contributed by atoms with Crippen LogP contribution in [0.5, 0.6) is 0 Å². The standard InChI is InChI=1S/C27H31N5O2/c1-19(2)31-18-23-17-28-27(29-24(23)26(31)33)32(30-13-15-34-16-14-30)25(21-7-5-4-6-8-21)22-11-9-20(3)10-12-22/h4-12,17,19,25H,13-16,18H2,1-3H3. The first-order valence-electron chi connectivity index (χ1n) is 11.9. The molecule has 34 heavy (non-hydrogen) atoms. The van der Waals surface area contributed by atoms with Crippen molar-refractivity contribution in [2.45, 2.75) is 39.4 Å². The molecular weight excluding hydrogens is 426 g/mol. The molecule has 1 aromatic heterocycles. The number of benzene rings is 2. The number of amides is 1. The highest BCUT2D eigenvalue weighted by Crippen LogP contribution is 2.34. The fourth-order valence-corrected chi connectivity index (χ4v) is 4.65. The minimum Gasteiger partial charge on any atom is -0.379 e. The van der Waals surface area contributed by atoms with E-state index in [4.69, 9.17) is 14.7 Å². The Hall–Kier alpha value is -3.29. The molecule has 7 heteroatoms. The van der Waals surface area contributed by atoms with Gasteiger partial charge in [0.2, 0.25) is 5.95 Å². The molecule has 0 radical (unpaired) electrons. The summed E-state index contributed by atoms with van der Waals surface area (Å²) in [7, 11) is 0. The van der Waals surface area contributed by atoms with Gasteiger partial charge in [-0.1, -0.05) is 60.2 Å². The number of ether oxygens (including phenoxy) is 1. The summed E-state index contributed by atoms with van der Waals surface area (Å²) in [5, 5.41) is 4.41. The molecule has 0 bridgehead atoms. The number of morpholine rings is 1. The van der Waals surface area contributed by atoms with E-state index in [1.807, 2.05) is 31.0 Å². The van der Waals surface area contributed by atoms with Crippen LogP contribution in [0.4, 0.5) is 5.95 Å². The largest absolute Gasteiger partial charge is 0.379 e. The number of hydrogen-bond acceptors (Lipinski definition) is 6. The maximum Gasteiger partial charge on any atom is 0.273 e. The number of hydrazine groups is 1. The number of aryl methyl sites for hydroxylation is 1. The third kappa shape index (κ3) is 4.29. The molecule has 3 aromatic rings. The molecule has 1 amide bonds. The van der Waals surface area contributed by atoms with E-state index in [-0.39, 0.29) is 18.0 Å². The van der Waals surface area contributed by atoms with E-state index in [0.717, 1.165) is 29.8 Å². The molecule has 5 rings (SSSR count). The zero-order valence-electron chi connectivity index (χ0n) is 20.0. The molecule has 2 aliphatic heterocycles. The van der Waals surface area contributed by atoms with Gasteiger partial charge < -0.3 is 9.64 Å². The van der Waals surface area contributed by atoms with Gasteiger partial charge in [0.05, 0.1) is 25.8 Å². The summed E-state index contributed by atoms with van der Waals surface area (Å²) in [4.78, 5) is 24.6. The quantitative estimate of drug-likeness (QED) is 0.558. The highest BCUT2D eigenvalue weighted by Gasteiger charge is 2.35. The first kappa shape index (κ1) is 22.5. The van der Waals surface area contributed by atoms with E-state index >= 15 is 0 Å². The molecule has 176 valence electrons. The number of rotatable bonds is 6. The normalized spacial score (nSPS) is 17.2. The van der Waals surface area contributed by atoms with E-state index in [9.17, 15) is 4.79 Å². The highest BCUT2D eigenvalue weighted by atomic mass is 16.5. The number of aromatic nitrogens is 2. The number of fused-ring (bicyclic) bond motifs is 1. The Kier molecular flexibility index (Phi) is 6.30. The van der Waals surface area contributed by atoms with Crippen LogP contribution in [0.25, 0.3) is 0 Å². The van der Waals surface area contributed by atoms with Crippen molar-refractivity contribution in [1.29, 1.82) is 0 Å². The van der Waals surface area contributed by atoms with Crippen molar-refractivity contribution in [2.75, 3.05) is 31.3 Å². The third-order valence-electron chi connectivity index (χ3n) is 6.53. The van der Waals surface area contributed by atoms with Gasteiger partial charge >= 0.3 is 0 Å². The van der Waals surface area contributed by atoms with Gasteiger partial charge in [0.1, 0.15) is 5.69 Å². The lowest BCUT2D eigenvalue weighted by molar-refractivity contribution is 0.0272. The van der Waals surface area contributed by atoms with Gasteiger partial charge in [-0.15, -0.1) is 0 Å². The fourth-order valence-electron chi connectivity index (χ4n) is 4.65. The van der Waals surface area contributed by atoms with Crippen molar-refractivity contribution >= 4 is 11.9 Å². The average Bonchev–Trinajstić information content (AvgIpc) is 3.20. The molecule has 1 saturated heterocycles. The molecule has 7 nitrogen and oxygen atoms in total. The average molecular weight is 458 g/mol. The van der Waals surface area contributed by atoms with Crippen molar-refractivity contribution < 1.29 is 9.53 Å². The van der Waals surface area contributed by atoms with E-state index in [2.05, 4.69) is 65.5 Å². The van der Waals surface area contributed by atoms with Crippen LogP contribution >= 0.6 is 0 Å². The summed E-state index contributed by atoms with van der Waals surface area (Å²) in [6, 6.07) is 19.0. The fraction of sp³-hybridized carbons (Fsp3) is 0.370. The van der Waals surface area contributed by atoms with Gasteiger partial charge in [0, 0.05) is 30.9 Å². The smallest absolute Gasteiger partial charge is 0.273 e. The second-order valence-electron chi connectivity index (χ2n) is 9.21. The number of carbonyl (C=O) groups excluding carboxylic acids is 1. The van der Waals surface area contributed by atoms with Crippen LogP contribution in [-0.2, 0) is 11.3 Å². The molecule has 2 aliphatic rings. The van der Waals surface area contributed by atoms with Crippen molar-refractivity contribution in [2.24, 2.45) is 0 Å². The second kappa shape index (κ2) is 9.52. The molecule has 0 aliphatic carbocycles. The number of anilines is 1. The van der Waals surface area contributed by atoms with Gasteiger partial charge in [-0.05, 0) is 31.9 Å². The lowest BCUT2D eigenvalue weighted by Crippen LogP contribution is -2.51. The van der Waals surface area contributed by atoms with E-state index in [1.54, 1.807) is 0 Å². The molecule has 0 N–H and O–H groups in total. The maximum absolute atomic E-state index is 13.1. The van der Waals surface area contributed by atoms with Crippen molar-refractivity contribution in [1.82, 2.24) is 19.9 Å². The van der Waals surface area contributed by atoms with Crippen LogP contribution in [0.1, 0.15) is 52.6 Å². The van der Waals surface area contributed by atoms with Crippen LogP contribution in [0.3, 0.4) is 0 Å². The Morgan fingerprint density at radius 3 is 2.32 bits per heavy atom. The van der Waals surface area contributed by atoms with Gasteiger partial charge in [-0.25, -0.2) is 15.0 Å². The topological polar surface area (TPSA) is 61.8 Å². The van der Waals surface area contributed by atoms with Crippen LogP contribution in [0.15, 0.2) is 60.8 Å². The zero-order chi connectivity index (χ0) is 23.7. The Bertz CT molecular complexity index is 1140. The second-order valence-corrected chi connectivity index (χ2v) is 9.21. The molecule has 0 saturated carbocycles. The highest BCUT2D eigenvalue weighted by molar-refractivity contribution is 5.96. The predicted molar refractivity (Wildman–Crippen MR) is 131 cm³/mol. The maximum atomic E-state index is 13.1. The molecule has 3 heterocycles. The summed E-state index contributed by atoms with van der Waals surface area (Å²) in [6.45, 7) is 9.43. The van der Waals surface area contributed by atoms with Crippen molar-refractivity contribution in [3.8, 4) is 0 Å². The van der Waals surface area contributed by atoms with E-state index in [0.29, 0.717) is 31.4 Å². The van der Waals surface area contributed by atoms with Gasteiger partial charge in [-0.3, -0.25) is 9.80 Å². The monoisotopic (exact) mass is 457 g/mol. The van der Waals surface area contributed by atoms with E-state index < -0.39 is 0 Å². The summed E-state index contributed by atoms with van der Waals surface area (Å²) in [5.74, 6) is 0.510. The Morgan fingerprint density at radius 2 is 1.65 bits per heavy atom. The van der Waals surface area contributed by atoms with E-state index in [1.165, 1.54) is 5.56 Å². The van der Waals surface area contributed by atoms with Gasteiger partial charge in [0.25, 0.3) is 5.91 Å². The van der Waals surface area contributed by atoms with Crippen LogP contribution in [0, 0.1) is 6.92 Å². The first-order valence-corrected chi connectivity index (χ1v) is 11.9. The lowest BCUT2D eigenvalue weighted by atomic mass is 9.97. The molecule has 1 unspecified atom stereocenters. The SMILES string of the molecule is Cc1ccc(C(c2ccccc2)N(c2ncc3c(n2)C(=O)N(C(C)C)C3)N2CCOCC2)cc1. The Morgan fingerprint density at radius 1 is 0.971 bits per heavy atom. The molecule has 0 spiro atoms. The minimum absolute atomic E-state index is 0.0258. The molecular formula is C27H31N5O2. The summed E-state index contributed by atoms with van der Waals surface area (Å²) >= 11 is 0. The molecule has 1 atom stereocenters. The lowest BCUT2D eigenvalue weighted by Gasteiger charge is -2.42. The summed E-state index contributed by atoms with van der Waals surface area (Å²) in [5.41, 5.74) is 4.88. The van der Waals surface area contributed by atoms with Crippen LogP contribution in [-0.4, -0.2) is 58.1 Å². The molecule has 1 fully saturated rings. The first-order chi connectivity index (χ1) is 16.5. The van der Waals surface area contributed by atoms with Gasteiger partial charge in [0.15, 0.2) is 0 Å². The summed E-state index contributed by atoms with van der Waals surface area (Å²) < 4.78 is 5.65. The number of hydrogen-bond donors (Lipinski definition) is 0. The van der Waals surface area contributed by atoms with Crippen LogP contribution in [0.2, 0.25) is 0 Å².